The molecule has 0 bridgehead atoms. The molecule has 0 aliphatic rings. The number of rotatable bonds is 1. The Kier molecular flexibility index (Phi) is 2.59. The second kappa shape index (κ2) is 4.14. The van der Waals surface area contributed by atoms with Gasteiger partial charge >= 0.3 is 0 Å². The number of nitrogens with zero attached hydrogens (tertiary/aromatic N) is 2. The highest BCUT2D eigenvalue weighted by Crippen LogP contribution is 2.24. The number of anilines is 1. The van der Waals surface area contributed by atoms with Gasteiger partial charge in [0.25, 0.3) is 0 Å². The summed E-state index contributed by atoms with van der Waals surface area (Å²) in [4.78, 5) is 4.39. The zero-order valence-corrected chi connectivity index (χ0v) is 11.5. The van der Waals surface area contributed by atoms with E-state index in [-0.39, 0.29) is 0 Å². The smallest absolute Gasteiger partial charge is 0.100 e. The monoisotopic (exact) mass is 301 g/mol. The first-order valence-corrected chi connectivity index (χ1v) is 6.43. The number of aromatic nitrogens is 2. The Balaban J connectivity index is 2.28. The number of nitrogen functional groups attached to an aromatic ring is 1. The standard InChI is InChI=1S/C14H12BrN3/c1-9-2-3-10(15)6-14(9)18-8-17-12-7-11(16)4-5-13(12)18/h2-8H,16H2,1H3. The Hall–Kier alpha value is -1.81. The van der Waals surface area contributed by atoms with Gasteiger partial charge in [-0.25, -0.2) is 4.98 Å². The molecule has 1 heterocycles. The number of hydrogen-bond donors (Lipinski definition) is 1. The highest BCUT2D eigenvalue weighted by atomic mass is 79.9. The van der Waals surface area contributed by atoms with Crippen molar-refractivity contribution in [2.24, 2.45) is 0 Å². The molecule has 4 heteroatoms. The van der Waals surface area contributed by atoms with Gasteiger partial charge in [0.05, 0.1) is 16.7 Å². The fraction of sp³-hybridized carbons (Fsp3) is 0.0714. The maximum Gasteiger partial charge on any atom is 0.100 e. The van der Waals surface area contributed by atoms with Crippen LogP contribution in [-0.4, -0.2) is 9.55 Å². The van der Waals surface area contributed by atoms with Gasteiger partial charge in [-0.3, -0.25) is 4.57 Å². The topological polar surface area (TPSA) is 43.8 Å². The molecule has 3 rings (SSSR count). The molecule has 0 aliphatic carbocycles. The van der Waals surface area contributed by atoms with Crippen molar-refractivity contribution in [1.82, 2.24) is 9.55 Å². The van der Waals surface area contributed by atoms with Crippen LogP contribution in [-0.2, 0) is 0 Å². The number of aryl methyl sites for hydroxylation is 1. The summed E-state index contributed by atoms with van der Waals surface area (Å²) in [5.74, 6) is 0. The lowest BCUT2D eigenvalue weighted by atomic mass is 10.2. The van der Waals surface area contributed by atoms with Crippen molar-refractivity contribution in [3.05, 3.63) is 52.8 Å². The van der Waals surface area contributed by atoms with Crippen LogP contribution in [0.3, 0.4) is 0 Å². The summed E-state index contributed by atoms with van der Waals surface area (Å²) >= 11 is 3.50. The summed E-state index contributed by atoms with van der Waals surface area (Å²) in [6, 6.07) is 12.0. The molecule has 18 heavy (non-hydrogen) atoms. The van der Waals surface area contributed by atoms with Gasteiger partial charge < -0.3 is 5.73 Å². The number of imidazole rings is 1. The van der Waals surface area contributed by atoms with Crippen LogP contribution in [0.1, 0.15) is 5.56 Å². The molecule has 0 saturated carbocycles. The number of hydrogen-bond acceptors (Lipinski definition) is 2. The Bertz CT molecular complexity index is 731. The second-order valence-electron chi connectivity index (χ2n) is 4.29. The van der Waals surface area contributed by atoms with Crippen molar-refractivity contribution in [2.45, 2.75) is 6.92 Å². The number of nitrogens with two attached hydrogens (primary N) is 1. The molecule has 90 valence electrons. The molecule has 0 fully saturated rings. The predicted molar refractivity (Wildman–Crippen MR) is 77.9 cm³/mol. The Labute approximate surface area is 113 Å². The quantitative estimate of drug-likeness (QED) is 0.697. The van der Waals surface area contributed by atoms with Crippen LogP contribution < -0.4 is 5.73 Å². The molecule has 2 aromatic carbocycles. The molecular formula is C14H12BrN3. The highest BCUT2D eigenvalue weighted by Gasteiger charge is 2.07. The van der Waals surface area contributed by atoms with Gasteiger partial charge in [0.15, 0.2) is 0 Å². The third kappa shape index (κ3) is 1.78. The zero-order valence-electron chi connectivity index (χ0n) is 9.89. The van der Waals surface area contributed by atoms with Crippen molar-refractivity contribution < 1.29 is 0 Å². The fourth-order valence-electron chi connectivity index (χ4n) is 2.06. The van der Waals surface area contributed by atoms with E-state index >= 15 is 0 Å². The fourth-order valence-corrected chi connectivity index (χ4v) is 2.41. The molecule has 0 radical (unpaired) electrons. The van der Waals surface area contributed by atoms with Crippen LogP contribution in [0.4, 0.5) is 5.69 Å². The van der Waals surface area contributed by atoms with Crippen molar-refractivity contribution in [1.29, 1.82) is 0 Å². The second-order valence-corrected chi connectivity index (χ2v) is 5.21. The van der Waals surface area contributed by atoms with Gasteiger partial charge in [-0.15, -0.1) is 0 Å². The summed E-state index contributed by atoms with van der Waals surface area (Å²) in [6.45, 7) is 2.09. The molecule has 3 nitrogen and oxygen atoms in total. The summed E-state index contributed by atoms with van der Waals surface area (Å²) in [5, 5.41) is 0. The Morgan fingerprint density at radius 1 is 1.17 bits per heavy atom. The van der Waals surface area contributed by atoms with E-state index in [1.807, 2.05) is 30.6 Å². The molecule has 0 aliphatic heterocycles. The van der Waals surface area contributed by atoms with Crippen LogP contribution in [0, 0.1) is 6.92 Å². The van der Waals surface area contributed by atoms with E-state index in [0.29, 0.717) is 0 Å². The number of benzene rings is 2. The van der Waals surface area contributed by atoms with Crippen molar-refractivity contribution >= 4 is 32.7 Å². The third-order valence-corrected chi connectivity index (χ3v) is 3.50. The van der Waals surface area contributed by atoms with Crippen LogP contribution in [0.2, 0.25) is 0 Å². The highest BCUT2D eigenvalue weighted by molar-refractivity contribution is 9.10. The van der Waals surface area contributed by atoms with E-state index in [4.69, 9.17) is 5.73 Å². The first kappa shape index (κ1) is 11.3. The molecule has 0 unspecified atom stereocenters. The maximum atomic E-state index is 5.77. The largest absolute Gasteiger partial charge is 0.399 e. The molecule has 3 aromatic rings. The van der Waals surface area contributed by atoms with Crippen LogP contribution in [0.15, 0.2) is 47.2 Å². The van der Waals surface area contributed by atoms with Crippen LogP contribution >= 0.6 is 15.9 Å². The predicted octanol–water partition coefficient (Wildman–Crippen LogP) is 3.68. The van der Waals surface area contributed by atoms with E-state index in [1.54, 1.807) is 0 Å². The number of fused-ring (bicyclic) bond motifs is 1. The summed E-state index contributed by atoms with van der Waals surface area (Å²) in [7, 11) is 0. The molecular weight excluding hydrogens is 290 g/mol. The van der Waals surface area contributed by atoms with Gasteiger partial charge in [-0.05, 0) is 42.8 Å². The maximum absolute atomic E-state index is 5.77. The Morgan fingerprint density at radius 3 is 2.83 bits per heavy atom. The molecule has 1 aromatic heterocycles. The zero-order chi connectivity index (χ0) is 12.7. The van der Waals surface area contributed by atoms with E-state index in [0.717, 1.165) is 26.9 Å². The SMILES string of the molecule is Cc1ccc(Br)cc1-n1cnc2cc(N)ccc21. The lowest BCUT2D eigenvalue weighted by Gasteiger charge is -2.08. The summed E-state index contributed by atoms with van der Waals surface area (Å²) < 4.78 is 3.13. The van der Waals surface area contributed by atoms with Crippen molar-refractivity contribution in [2.75, 3.05) is 5.73 Å². The Morgan fingerprint density at radius 2 is 2.00 bits per heavy atom. The first-order chi connectivity index (χ1) is 8.65. The lowest BCUT2D eigenvalue weighted by molar-refractivity contribution is 1.07. The van der Waals surface area contributed by atoms with Crippen LogP contribution in [0.5, 0.6) is 0 Å². The van der Waals surface area contributed by atoms with E-state index < -0.39 is 0 Å². The molecule has 0 saturated heterocycles. The van der Waals surface area contributed by atoms with E-state index in [9.17, 15) is 0 Å². The van der Waals surface area contributed by atoms with Crippen molar-refractivity contribution in [3.8, 4) is 5.69 Å². The van der Waals surface area contributed by atoms with Crippen LogP contribution in [0.25, 0.3) is 16.7 Å². The normalized spacial score (nSPS) is 11.0. The van der Waals surface area contributed by atoms with E-state index in [1.165, 1.54) is 5.56 Å². The van der Waals surface area contributed by atoms with Gasteiger partial charge in [0, 0.05) is 10.2 Å². The summed E-state index contributed by atoms with van der Waals surface area (Å²) in [6.07, 6.45) is 1.83. The number of halogens is 1. The first-order valence-electron chi connectivity index (χ1n) is 5.64. The molecule has 0 amide bonds. The lowest BCUT2D eigenvalue weighted by Crippen LogP contribution is -1.95. The summed E-state index contributed by atoms with van der Waals surface area (Å²) in [5.41, 5.74) is 10.8. The molecule has 0 spiro atoms. The van der Waals surface area contributed by atoms with Gasteiger partial charge in [-0.2, -0.15) is 0 Å². The minimum absolute atomic E-state index is 0.735. The van der Waals surface area contributed by atoms with Gasteiger partial charge in [0.2, 0.25) is 0 Å². The minimum Gasteiger partial charge on any atom is -0.399 e. The minimum atomic E-state index is 0.735. The molecule has 0 atom stereocenters. The van der Waals surface area contributed by atoms with Gasteiger partial charge in [-0.1, -0.05) is 22.0 Å². The average molecular weight is 302 g/mol. The third-order valence-electron chi connectivity index (χ3n) is 3.00. The van der Waals surface area contributed by atoms with Gasteiger partial charge in [0.1, 0.15) is 6.33 Å². The van der Waals surface area contributed by atoms with E-state index in [2.05, 4.69) is 44.5 Å². The van der Waals surface area contributed by atoms with Crippen molar-refractivity contribution in [3.63, 3.8) is 0 Å². The average Bonchev–Trinajstić information content (AvgIpc) is 2.75. The molecule has 2 N–H and O–H groups in total.